The topological polar surface area (TPSA) is 38.3 Å². The van der Waals surface area contributed by atoms with Crippen LogP contribution >= 0.6 is 11.8 Å². The van der Waals surface area contributed by atoms with Crippen molar-refractivity contribution < 1.29 is 9.53 Å². The fraction of sp³-hybridized carbons (Fsp3) is 0.350. The van der Waals surface area contributed by atoms with Gasteiger partial charge in [0.15, 0.2) is 0 Å². The molecule has 0 aliphatic heterocycles. The molecule has 128 valence electrons. The second-order valence-electron chi connectivity index (χ2n) is 5.87. The van der Waals surface area contributed by atoms with Crippen LogP contribution in [0, 0.1) is 0 Å². The Balaban J connectivity index is 2.17. The van der Waals surface area contributed by atoms with Crippen molar-refractivity contribution in [2.45, 2.75) is 43.4 Å². The number of hydrogen-bond acceptors (Lipinski definition) is 3. The maximum absolute atomic E-state index is 12.8. The summed E-state index contributed by atoms with van der Waals surface area (Å²) in [5, 5.41) is 3.59. The van der Waals surface area contributed by atoms with Gasteiger partial charge in [-0.3, -0.25) is 4.79 Å². The van der Waals surface area contributed by atoms with E-state index in [1.807, 2.05) is 48.5 Å². The molecule has 2 aromatic carbocycles. The van der Waals surface area contributed by atoms with Crippen LogP contribution in [0.15, 0.2) is 53.4 Å². The van der Waals surface area contributed by atoms with Gasteiger partial charge in [-0.15, -0.1) is 11.8 Å². The third-order valence-electron chi connectivity index (χ3n) is 3.73. The SMILES string of the molecule is CCC(NC(=O)c1ccccc1SC(C)C)c1ccc(OC)cc1. The van der Waals surface area contributed by atoms with Crippen molar-refractivity contribution in [3.8, 4) is 5.75 Å². The quantitative estimate of drug-likeness (QED) is 0.713. The molecule has 0 saturated carbocycles. The highest BCUT2D eigenvalue weighted by molar-refractivity contribution is 8.00. The van der Waals surface area contributed by atoms with Crippen molar-refractivity contribution in [2.75, 3.05) is 7.11 Å². The van der Waals surface area contributed by atoms with Gasteiger partial charge in [-0.25, -0.2) is 0 Å². The van der Waals surface area contributed by atoms with Crippen LogP contribution in [0.25, 0.3) is 0 Å². The highest BCUT2D eigenvalue weighted by atomic mass is 32.2. The second kappa shape index (κ2) is 8.78. The minimum absolute atomic E-state index is 0.0134. The highest BCUT2D eigenvalue weighted by Crippen LogP contribution is 2.27. The molecule has 0 aliphatic carbocycles. The number of nitrogens with one attached hydrogen (secondary N) is 1. The van der Waals surface area contributed by atoms with E-state index in [4.69, 9.17) is 4.74 Å². The van der Waals surface area contributed by atoms with E-state index < -0.39 is 0 Å². The molecular weight excluding hydrogens is 318 g/mol. The van der Waals surface area contributed by atoms with Gasteiger partial charge in [0, 0.05) is 10.1 Å². The van der Waals surface area contributed by atoms with Crippen LogP contribution in [0.1, 0.15) is 49.2 Å². The van der Waals surface area contributed by atoms with Crippen LogP contribution in [-0.2, 0) is 0 Å². The Bertz CT molecular complexity index is 668. The summed E-state index contributed by atoms with van der Waals surface area (Å²) >= 11 is 1.71. The molecule has 0 heterocycles. The molecule has 1 atom stereocenters. The molecule has 0 saturated heterocycles. The zero-order chi connectivity index (χ0) is 17.5. The molecule has 0 fully saturated rings. The van der Waals surface area contributed by atoms with Gasteiger partial charge in [0.1, 0.15) is 5.75 Å². The number of methoxy groups -OCH3 is 1. The number of ether oxygens (including phenoxy) is 1. The van der Waals surface area contributed by atoms with E-state index in [2.05, 4.69) is 26.1 Å². The smallest absolute Gasteiger partial charge is 0.252 e. The average Bonchev–Trinajstić information content (AvgIpc) is 2.59. The standard InChI is InChI=1S/C20H25NO2S/c1-5-18(15-10-12-16(23-4)13-11-15)21-20(22)17-8-6-7-9-19(17)24-14(2)3/h6-14,18H,5H2,1-4H3,(H,21,22). The molecule has 4 heteroatoms. The lowest BCUT2D eigenvalue weighted by Crippen LogP contribution is -2.28. The zero-order valence-electron chi connectivity index (χ0n) is 14.7. The molecular formula is C20H25NO2S. The third-order valence-corrected chi connectivity index (χ3v) is 4.81. The van der Waals surface area contributed by atoms with Crippen molar-refractivity contribution >= 4 is 17.7 Å². The van der Waals surface area contributed by atoms with Gasteiger partial charge < -0.3 is 10.1 Å². The monoisotopic (exact) mass is 343 g/mol. The predicted octanol–water partition coefficient (Wildman–Crippen LogP) is 5.08. The van der Waals surface area contributed by atoms with E-state index in [-0.39, 0.29) is 11.9 Å². The molecule has 1 amide bonds. The number of rotatable bonds is 7. The number of carbonyl (C=O) groups is 1. The van der Waals surface area contributed by atoms with Gasteiger partial charge in [0.05, 0.1) is 18.7 Å². The predicted molar refractivity (Wildman–Crippen MR) is 101 cm³/mol. The largest absolute Gasteiger partial charge is 0.497 e. The summed E-state index contributed by atoms with van der Waals surface area (Å²) in [6.07, 6.45) is 0.831. The first-order chi connectivity index (χ1) is 11.5. The van der Waals surface area contributed by atoms with Crippen LogP contribution in [0.2, 0.25) is 0 Å². The minimum Gasteiger partial charge on any atom is -0.497 e. The zero-order valence-corrected chi connectivity index (χ0v) is 15.5. The maximum atomic E-state index is 12.8. The van der Waals surface area contributed by atoms with Gasteiger partial charge in [-0.1, -0.05) is 45.0 Å². The lowest BCUT2D eigenvalue weighted by atomic mass is 10.0. The first-order valence-electron chi connectivity index (χ1n) is 8.25. The van der Waals surface area contributed by atoms with E-state index in [1.165, 1.54) is 0 Å². The lowest BCUT2D eigenvalue weighted by molar-refractivity contribution is 0.0932. The molecule has 3 nitrogen and oxygen atoms in total. The van der Waals surface area contributed by atoms with Crippen LogP contribution in [-0.4, -0.2) is 18.3 Å². The van der Waals surface area contributed by atoms with E-state index in [1.54, 1.807) is 18.9 Å². The van der Waals surface area contributed by atoms with Crippen molar-refractivity contribution in [3.63, 3.8) is 0 Å². The summed E-state index contributed by atoms with van der Waals surface area (Å²) in [4.78, 5) is 13.8. The Morgan fingerprint density at radius 3 is 2.38 bits per heavy atom. The van der Waals surface area contributed by atoms with E-state index in [0.29, 0.717) is 5.25 Å². The molecule has 2 aromatic rings. The third kappa shape index (κ3) is 4.78. The normalized spacial score (nSPS) is 12.0. The van der Waals surface area contributed by atoms with Gasteiger partial charge >= 0.3 is 0 Å². The summed E-state index contributed by atoms with van der Waals surface area (Å²) in [5.74, 6) is 0.792. The van der Waals surface area contributed by atoms with E-state index in [0.717, 1.165) is 28.2 Å². The first kappa shape index (κ1) is 18.4. The van der Waals surface area contributed by atoms with Crippen LogP contribution < -0.4 is 10.1 Å². The fourth-order valence-corrected chi connectivity index (χ4v) is 3.46. The molecule has 2 rings (SSSR count). The number of carbonyl (C=O) groups excluding carboxylic acids is 1. The van der Waals surface area contributed by atoms with Gasteiger partial charge in [0.2, 0.25) is 0 Å². The van der Waals surface area contributed by atoms with Crippen molar-refractivity contribution in [2.24, 2.45) is 0 Å². The Morgan fingerprint density at radius 2 is 1.79 bits per heavy atom. The minimum atomic E-state index is -0.0265. The number of thioether (sulfide) groups is 1. The number of hydrogen-bond donors (Lipinski definition) is 1. The van der Waals surface area contributed by atoms with E-state index in [9.17, 15) is 4.79 Å². The van der Waals surface area contributed by atoms with Crippen molar-refractivity contribution in [1.82, 2.24) is 5.32 Å². The number of benzene rings is 2. The van der Waals surface area contributed by atoms with Crippen molar-refractivity contribution in [1.29, 1.82) is 0 Å². The second-order valence-corrected chi connectivity index (χ2v) is 7.49. The first-order valence-corrected chi connectivity index (χ1v) is 9.13. The Hall–Kier alpha value is -1.94. The molecule has 0 aromatic heterocycles. The van der Waals surface area contributed by atoms with E-state index >= 15 is 0 Å². The molecule has 0 radical (unpaired) electrons. The Morgan fingerprint density at radius 1 is 1.12 bits per heavy atom. The summed E-state index contributed by atoms with van der Waals surface area (Å²) in [5.41, 5.74) is 1.82. The summed E-state index contributed by atoms with van der Waals surface area (Å²) in [6, 6.07) is 15.6. The summed E-state index contributed by atoms with van der Waals surface area (Å²) in [7, 11) is 1.65. The van der Waals surface area contributed by atoms with Crippen LogP contribution in [0.5, 0.6) is 5.75 Å². The molecule has 0 spiro atoms. The molecule has 0 bridgehead atoms. The van der Waals surface area contributed by atoms with Gasteiger partial charge in [0.25, 0.3) is 5.91 Å². The number of amides is 1. The Labute approximate surface area is 148 Å². The fourth-order valence-electron chi connectivity index (χ4n) is 2.50. The molecule has 1 N–H and O–H groups in total. The van der Waals surface area contributed by atoms with Crippen LogP contribution in [0.3, 0.4) is 0 Å². The molecule has 1 unspecified atom stereocenters. The molecule has 0 aliphatic rings. The van der Waals surface area contributed by atoms with Gasteiger partial charge in [-0.05, 0) is 36.2 Å². The average molecular weight is 343 g/mol. The lowest BCUT2D eigenvalue weighted by Gasteiger charge is -2.19. The maximum Gasteiger partial charge on any atom is 0.252 e. The summed E-state index contributed by atoms with van der Waals surface area (Å²) in [6.45, 7) is 6.33. The van der Waals surface area contributed by atoms with Gasteiger partial charge in [-0.2, -0.15) is 0 Å². The summed E-state index contributed by atoms with van der Waals surface area (Å²) < 4.78 is 5.20. The van der Waals surface area contributed by atoms with Crippen LogP contribution in [0.4, 0.5) is 0 Å². The molecule has 24 heavy (non-hydrogen) atoms. The highest BCUT2D eigenvalue weighted by Gasteiger charge is 2.17. The Kier molecular flexibility index (Phi) is 6.73. The van der Waals surface area contributed by atoms with Crippen molar-refractivity contribution in [3.05, 3.63) is 59.7 Å².